The molecular weight excluding hydrogens is 406 g/mol. The van der Waals surface area contributed by atoms with E-state index >= 15 is 0 Å². The molecule has 3 rings (SSSR count). The Kier molecular flexibility index (Phi) is 10.9. The zero-order chi connectivity index (χ0) is 21.7. The summed E-state index contributed by atoms with van der Waals surface area (Å²) < 4.78 is 11.4. The molecule has 1 heterocycles. The van der Waals surface area contributed by atoms with Crippen LogP contribution in [-0.2, 0) is 11.3 Å². The van der Waals surface area contributed by atoms with Gasteiger partial charge in [0.05, 0.1) is 19.8 Å². The minimum atomic E-state index is 0.511. The third-order valence-electron chi connectivity index (χ3n) is 6.36. The molecule has 0 atom stereocenters. The number of nitrogens with zero attached hydrogens (tertiary/aromatic N) is 2. The van der Waals surface area contributed by atoms with Crippen molar-refractivity contribution in [2.24, 2.45) is 0 Å². The molecule has 0 aromatic heterocycles. The lowest BCUT2D eigenvalue weighted by molar-refractivity contribution is 0.0367. The number of ether oxygens (including phenoxy) is 2. The van der Waals surface area contributed by atoms with Gasteiger partial charge in [0.25, 0.3) is 0 Å². The third-order valence-corrected chi connectivity index (χ3v) is 6.74. The van der Waals surface area contributed by atoms with Crippen LogP contribution in [0.25, 0.3) is 0 Å². The van der Waals surface area contributed by atoms with Crippen LogP contribution in [0.2, 0.25) is 0 Å². The third kappa shape index (κ3) is 8.59. The zero-order valence-corrected chi connectivity index (χ0v) is 20.1. The fourth-order valence-electron chi connectivity index (χ4n) is 4.57. The SMILES string of the molecule is CCOc1ccccc1CN(CCCN1CCOCC1)C(=S)NC1CCCCCCC1. The second-order valence-electron chi connectivity index (χ2n) is 8.76. The van der Waals surface area contributed by atoms with Crippen LogP contribution in [-0.4, -0.2) is 67.0 Å². The first-order valence-corrected chi connectivity index (χ1v) is 12.7. The summed E-state index contributed by atoms with van der Waals surface area (Å²) in [5.41, 5.74) is 1.21. The highest BCUT2D eigenvalue weighted by atomic mass is 32.1. The van der Waals surface area contributed by atoms with Crippen molar-refractivity contribution in [1.29, 1.82) is 0 Å². The summed E-state index contributed by atoms with van der Waals surface area (Å²) >= 11 is 5.95. The van der Waals surface area contributed by atoms with Gasteiger partial charge in [-0.05, 0) is 44.5 Å². The average Bonchev–Trinajstić information content (AvgIpc) is 2.77. The Bertz CT molecular complexity index is 643. The van der Waals surface area contributed by atoms with Gasteiger partial charge in [-0.25, -0.2) is 0 Å². The molecule has 2 aliphatic rings. The summed E-state index contributed by atoms with van der Waals surface area (Å²) in [6.45, 7) is 9.35. The quantitative estimate of drug-likeness (QED) is 0.558. The van der Waals surface area contributed by atoms with E-state index in [0.29, 0.717) is 12.6 Å². The summed E-state index contributed by atoms with van der Waals surface area (Å²) in [6, 6.07) is 8.88. The van der Waals surface area contributed by atoms with Gasteiger partial charge in [0.15, 0.2) is 5.11 Å². The molecule has 1 aromatic rings. The predicted octanol–water partition coefficient (Wildman–Crippen LogP) is 4.60. The van der Waals surface area contributed by atoms with Crippen molar-refractivity contribution in [2.75, 3.05) is 46.0 Å². The number of nitrogens with one attached hydrogen (secondary N) is 1. The Morgan fingerprint density at radius 1 is 1.13 bits per heavy atom. The monoisotopic (exact) mass is 447 g/mol. The number of hydrogen-bond acceptors (Lipinski definition) is 4. The van der Waals surface area contributed by atoms with Crippen molar-refractivity contribution in [3.8, 4) is 5.75 Å². The highest BCUT2D eigenvalue weighted by Crippen LogP contribution is 2.21. The average molecular weight is 448 g/mol. The second kappa shape index (κ2) is 13.9. The molecule has 0 radical (unpaired) electrons. The normalized spacial score (nSPS) is 18.7. The summed E-state index contributed by atoms with van der Waals surface area (Å²) in [5, 5.41) is 4.63. The number of benzene rings is 1. The van der Waals surface area contributed by atoms with Gasteiger partial charge in [-0.1, -0.05) is 50.3 Å². The van der Waals surface area contributed by atoms with Gasteiger partial charge in [0.2, 0.25) is 0 Å². The molecule has 5 nitrogen and oxygen atoms in total. The lowest BCUT2D eigenvalue weighted by Gasteiger charge is -2.32. The molecule has 1 aromatic carbocycles. The van der Waals surface area contributed by atoms with Gasteiger partial charge in [-0.3, -0.25) is 4.90 Å². The lowest BCUT2D eigenvalue weighted by atomic mass is 9.97. The molecule has 1 N–H and O–H groups in total. The van der Waals surface area contributed by atoms with E-state index in [-0.39, 0.29) is 0 Å². The molecule has 1 saturated heterocycles. The molecule has 6 heteroatoms. The van der Waals surface area contributed by atoms with Crippen molar-refractivity contribution in [3.63, 3.8) is 0 Å². The minimum Gasteiger partial charge on any atom is -0.494 e. The van der Waals surface area contributed by atoms with Crippen molar-refractivity contribution >= 4 is 17.3 Å². The topological polar surface area (TPSA) is 37.0 Å². The van der Waals surface area contributed by atoms with Crippen molar-refractivity contribution in [1.82, 2.24) is 15.1 Å². The maximum absolute atomic E-state index is 5.95. The fourth-order valence-corrected chi connectivity index (χ4v) is 4.89. The number of hydrogen-bond donors (Lipinski definition) is 1. The van der Waals surface area contributed by atoms with E-state index in [1.54, 1.807) is 0 Å². The maximum atomic E-state index is 5.95. The molecule has 0 unspecified atom stereocenters. The summed E-state index contributed by atoms with van der Waals surface area (Å²) in [7, 11) is 0. The van der Waals surface area contributed by atoms with Gasteiger partial charge >= 0.3 is 0 Å². The minimum absolute atomic E-state index is 0.511. The van der Waals surface area contributed by atoms with Gasteiger partial charge in [-0.15, -0.1) is 0 Å². The van der Waals surface area contributed by atoms with Crippen molar-refractivity contribution in [3.05, 3.63) is 29.8 Å². The first kappa shape index (κ1) is 24.3. The van der Waals surface area contributed by atoms with Gasteiger partial charge in [0.1, 0.15) is 5.75 Å². The molecule has 31 heavy (non-hydrogen) atoms. The van der Waals surface area contributed by atoms with Gasteiger partial charge < -0.3 is 19.7 Å². The predicted molar refractivity (Wildman–Crippen MR) is 132 cm³/mol. The summed E-state index contributed by atoms with van der Waals surface area (Å²) in [5.74, 6) is 0.969. The molecule has 0 bridgehead atoms. The number of rotatable bonds is 9. The molecule has 174 valence electrons. The van der Waals surface area contributed by atoms with Gasteiger partial charge in [0, 0.05) is 44.3 Å². The van der Waals surface area contributed by atoms with Crippen LogP contribution in [0, 0.1) is 0 Å². The Morgan fingerprint density at radius 2 is 1.84 bits per heavy atom. The Balaban J connectivity index is 1.61. The first-order chi connectivity index (χ1) is 15.3. The maximum Gasteiger partial charge on any atom is 0.169 e. The second-order valence-corrected chi connectivity index (χ2v) is 9.15. The van der Waals surface area contributed by atoms with E-state index in [1.807, 2.05) is 13.0 Å². The van der Waals surface area contributed by atoms with Crippen LogP contribution >= 0.6 is 12.2 Å². The zero-order valence-electron chi connectivity index (χ0n) is 19.3. The van der Waals surface area contributed by atoms with Crippen LogP contribution in [0.1, 0.15) is 63.9 Å². The fraction of sp³-hybridized carbons (Fsp3) is 0.720. The van der Waals surface area contributed by atoms with Crippen LogP contribution in [0.15, 0.2) is 24.3 Å². The smallest absolute Gasteiger partial charge is 0.169 e. The van der Waals surface area contributed by atoms with Crippen molar-refractivity contribution < 1.29 is 9.47 Å². The Morgan fingerprint density at radius 3 is 2.58 bits per heavy atom. The molecular formula is C25H41N3O2S. The van der Waals surface area contributed by atoms with E-state index in [9.17, 15) is 0 Å². The largest absolute Gasteiger partial charge is 0.494 e. The first-order valence-electron chi connectivity index (χ1n) is 12.3. The molecule has 0 spiro atoms. The number of thiocarbonyl (C=S) groups is 1. The van der Waals surface area contributed by atoms with Crippen LogP contribution < -0.4 is 10.1 Å². The van der Waals surface area contributed by atoms with Crippen LogP contribution in [0.4, 0.5) is 0 Å². The summed E-state index contributed by atoms with van der Waals surface area (Å²) in [4.78, 5) is 4.85. The van der Waals surface area contributed by atoms with E-state index in [4.69, 9.17) is 21.7 Å². The standard InChI is InChI=1S/C25H41N3O2S/c1-2-30-24-14-9-8-11-22(24)21-28(16-10-15-27-17-19-29-20-18-27)25(31)26-23-12-6-4-3-5-7-13-23/h8-9,11,14,23H,2-7,10,12-13,15-21H2,1H3,(H,26,31). The highest BCUT2D eigenvalue weighted by Gasteiger charge is 2.18. The summed E-state index contributed by atoms with van der Waals surface area (Å²) in [6.07, 6.45) is 10.3. The number of morpholine rings is 1. The van der Waals surface area contributed by atoms with Crippen LogP contribution in [0.5, 0.6) is 5.75 Å². The molecule has 1 aliphatic carbocycles. The lowest BCUT2D eigenvalue weighted by Crippen LogP contribution is -2.45. The number of para-hydroxylation sites is 1. The van der Waals surface area contributed by atoms with E-state index < -0.39 is 0 Å². The highest BCUT2D eigenvalue weighted by molar-refractivity contribution is 7.80. The van der Waals surface area contributed by atoms with E-state index in [2.05, 4.69) is 33.3 Å². The van der Waals surface area contributed by atoms with E-state index in [0.717, 1.165) is 63.2 Å². The molecule has 1 saturated carbocycles. The molecule has 0 amide bonds. The Labute approximate surface area is 194 Å². The Hall–Kier alpha value is -1.37. The van der Waals surface area contributed by atoms with Gasteiger partial charge in [-0.2, -0.15) is 0 Å². The van der Waals surface area contributed by atoms with E-state index in [1.165, 1.54) is 50.5 Å². The van der Waals surface area contributed by atoms with Crippen LogP contribution in [0.3, 0.4) is 0 Å². The molecule has 1 aliphatic heterocycles. The molecule has 2 fully saturated rings. The van der Waals surface area contributed by atoms with Crippen molar-refractivity contribution in [2.45, 2.75) is 70.9 Å².